The van der Waals surface area contributed by atoms with Crippen LogP contribution in [0.15, 0.2) is 127 Å². The summed E-state index contributed by atoms with van der Waals surface area (Å²) in [5.74, 6) is 0. The second kappa shape index (κ2) is 8.32. The second-order valence-electron chi connectivity index (χ2n) is 10.4. The van der Waals surface area contributed by atoms with E-state index in [4.69, 9.17) is 0 Å². The molecule has 190 valence electrons. The molecule has 9 rings (SSSR count). The summed E-state index contributed by atoms with van der Waals surface area (Å²) < 4.78 is 6.98. The van der Waals surface area contributed by atoms with Crippen LogP contribution in [0.25, 0.3) is 75.2 Å². The molecule has 4 heteroatoms. The van der Waals surface area contributed by atoms with Gasteiger partial charge >= 0.3 is 0 Å². The van der Waals surface area contributed by atoms with Crippen LogP contribution in [0.4, 0.5) is 0 Å². The lowest BCUT2D eigenvalue weighted by Gasteiger charge is -2.19. The topological polar surface area (TPSA) is 33.6 Å². The summed E-state index contributed by atoms with van der Waals surface area (Å²) >= 11 is 1.70. The van der Waals surface area contributed by atoms with Gasteiger partial charge in [0.05, 0.1) is 43.7 Å². The van der Waals surface area contributed by atoms with E-state index in [0.717, 1.165) is 43.5 Å². The van der Waals surface area contributed by atoms with Gasteiger partial charge in [0.2, 0.25) is 0 Å². The van der Waals surface area contributed by atoms with E-state index in [0.29, 0.717) is 5.56 Å². The molecule has 3 heterocycles. The summed E-state index contributed by atoms with van der Waals surface area (Å²) in [6.45, 7) is 0. The number of nitrogens with zero attached hydrogens (tertiary/aromatic N) is 3. The van der Waals surface area contributed by atoms with Gasteiger partial charge in [-0.15, -0.1) is 11.3 Å². The second-order valence-corrected chi connectivity index (χ2v) is 11.5. The van der Waals surface area contributed by atoms with Crippen molar-refractivity contribution in [2.45, 2.75) is 0 Å². The van der Waals surface area contributed by atoms with Crippen molar-refractivity contribution in [2.24, 2.45) is 0 Å². The molecule has 0 saturated carbocycles. The summed E-state index contributed by atoms with van der Waals surface area (Å²) in [6.07, 6.45) is 0. The third kappa shape index (κ3) is 2.96. The molecule has 9 aromatic rings. The van der Waals surface area contributed by atoms with Crippen LogP contribution in [0.1, 0.15) is 5.56 Å². The molecule has 0 bridgehead atoms. The van der Waals surface area contributed by atoms with Crippen LogP contribution in [-0.2, 0) is 0 Å². The average Bonchev–Trinajstić information content (AvgIpc) is 3.69. The number of aromatic nitrogens is 2. The third-order valence-electron chi connectivity index (χ3n) is 8.35. The molecule has 0 saturated heterocycles. The Balaban J connectivity index is 1.61. The number of rotatable bonds is 2. The van der Waals surface area contributed by atoms with Crippen LogP contribution in [0.3, 0.4) is 0 Å². The van der Waals surface area contributed by atoms with Crippen LogP contribution in [0.5, 0.6) is 0 Å². The van der Waals surface area contributed by atoms with Gasteiger partial charge in [-0.25, -0.2) is 0 Å². The zero-order valence-corrected chi connectivity index (χ0v) is 22.7. The van der Waals surface area contributed by atoms with Gasteiger partial charge in [-0.3, -0.25) is 0 Å². The van der Waals surface area contributed by atoms with Crippen LogP contribution in [-0.4, -0.2) is 9.13 Å². The lowest BCUT2D eigenvalue weighted by atomic mass is 10.0. The molecular weight excluding hydrogens is 518 g/mol. The Labute approximate surface area is 239 Å². The highest BCUT2D eigenvalue weighted by atomic mass is 32.1. The highest BCUT2D eigenvalue weighted by Crippen LogP contribution is 2.46. The number of thiophene rings is 1. The summed E-state index contributed by atoms with van der Waals surface area (Å²) in [7, 11) is 0. The van der Waals surface area contributed by atoms with E-state index >= 15 is 0 Å². The number of benzene rings is 6. The fourth-order valence-electron chi connectivity index (χ4n) is 6.69. The van der Waals surface area contributed by atoms with Gasteiger partial charge in [0.1, 0.15) is 6.07 Å². The number of hydrogen-bond acceptors (Lipinski definition) is 2. The van der Waals surface area contributed by atoms with Crippen molar-refractivity contribution in [1.29, 1.82) is 5.26 Å². The van der Waals surface area contributed by atoms with Gasteiger partial charge in [0, 0.05) is 37.0 Å². The molecule has 0 N–H and O–H groups in total. The zero-order valence-electron chi connectivity index (χ0n) is 21.9. The monoisotopic (exact) mass is 539 g/mol. The van der Waals surface area contributed by atoms with Crippen LogP contribution in [0, 0.1) is 11.3 Å². The minimum absolute atomic E-state index is 0.697. The summed E-state index contributed by atoms with van der Waals surface area (Å²) in [5, 5.41) is 17.6. The molecule has 3 aromatic heterocycles. The van der Waals surface area contributed by atoms with Crippen molar-refractivity contribution in [3.63, 3.8) is 0 Å². The van der Waals surface area contributed by atoms with E-state index in [1.807, 2.05) is 0 Å². The molecule has 0 unspecified atom stereocenters. The Hall–Kier alpha value is -5.37. The van der Waals surface area contributed by atoms with Crippen LogP contribution < -0.4 is 0 Å². The standard InChI is InChI=1S/C37H21N3S/c38-22-23-21-33(39-29-16-6-1-11-24(29)25-12-2-7-17-30(25)39)36(35-28-15-5-10-20-34(28)41-37(23)35)40-31-18-8-3-13-26(31)27-14-4-9-19-32(27)40/h1-21H. The molecule has 0 atom stereocenters. The minimum Gasteiger partial charge on any atom is -0.307 e. The first-order chi connectivity index (χ1) is 20.3. The van der Waals surface area contributed by atoms with Crippen LogP contribution in [0.2, 0.25) is 0 Å². The molecule has 0 amide bonds. The Bertz CT molecular complexity index is 2450. The van der Waals surface area contributed by atoms with Crippen LogP contribution >= 0.6 is 11.3 Å². The maximum atomic E-state index is 10.5. The van der Waals surface area contributed by atoms with E-state index < -0.39 is 0 Å². The average molecular weight is 540 g/mol. The Morgan fingerprint density at radius 3 is 1.46 bits per heavy atom. The van der Waals surface area contributed by atoms with Gasteiger partial charge in [-0.05, 0) is 36.4 Å². The van der Waals surface area contributed by atoms with Crippen molar-refractivity contribution in [3.05, 3.63) is 133 Å². The first kappa shape index (κ1) is 22.4. The van der Waals surface area contributed by atoms with Gasteiger partial charge in [-0.1, -0.05) is 91.0 Å². The van der Waals surface area contributed by atoms with Crippen molar-refractivity contribution in [3.8, 4) is 17.4 Å². The van der Waals surface area contributed by atoms with Crippen molar-refractivity contribution < 1.29 is 0 Å². The van der Waals surface area contributed by atoms with E-state index in [9.17, 15) is 5.26 Å². The lowest BCUT2D eigenvalue weighted by Crippen LogP contribution is -2.05. The number of nitriles is 1. The minimum atomic E-state index is 0.697. The first-order valence-electron chi connectivity index (χ1n) is 13.7. The molecule has 3 nitrogen and oxygen atoms in total. The molecule has 0 fully saturated rings. The quantitative estimate of drug-likeness (QED) is 0.215. The first-order valence-corrected chi connectivity index (χ1v) is 14.5. The summed E-state index contributed by atoms with van der Waals surface area (Å²) in [5.41, 5.74) is 7.34. The molecule has 0 aliphatic heterocycles. The highest BCUT2D eigenvalue weighted by molar-refractivity contribution is 7.26. The molecule has 0 aliphatic rings. The number of para-hydroxylation sites is 4. The Morgan fingerprint density at radius 2 is 0.951 bits per heavy atom. The van der Waals surface area contributed by atoms with Gasteiger partial charge in [0.15, 0.2) is 0 Å². The normalized spacial score (nSPS) is 11.9. The molecule has 0 aliphatic carbocycles. The third-order valence-corrected chi connectivity index (χ3v) is 9.55. The van der Waals surface area contributed by atoms with Gasteiger partial charge in [0.25, 0.3) is 0 Å². The van der Waals surface area contributed by atoms with Crippen molar-refractivity contribution in [1.82, 2.24) is 9.13 Å². The molecule has 0 radical (unpaired) electrons. The van der Waals surface area contributed by atoms with Crippen molar-refractivity contribution in [2.75, 3.05) is 0 Å². The summed E-state index contributed by atoms with van der Waals surface area (Å²) in [6, 6.07) is 47.7. The van der Waals surface area contributed by atoms with E-state index in [2.05, 4.69) is 143 Å². The van der Waals surface area contributed by atoms with E-state index in [1.165, 1.54) is 31.6 Å². The molecule has 6 aromatic carbocycles. The maximum absolute atomic E-state index is 10.5. The lowest BCUT2D eigenvalue weighted by molar-refractivity contribution is 1.11. The van der Waals surface area contributed by atoms with E-state index in [-0.39, 0.29) is 0 Å². The highest BCUT2D eigenvalue weighted by Gasteiger charge is 2.25. The summed E-state index contributed by atoms with van der Waals surface area (Å²) in [4.78, 5) is 0. The zero-order chi connectivity index (χ0) is 27.1. The van der Waals surface area contributed by atoms with Gasteiger partial charge in [-0.2, -0.15) is 5.26 Å². The predicted molar refractivity (Wildman–Crippen MR) is 173 cm³/mol. The molecule has 41 heavy (non-hydrogen) atoms. The van der Waals surface area contributed by atoms with Gasteiger partial charge < -0.3 is 9.13 Å². The fraction of sp³-hybridized carbons (Fsp3) is 0. The molecular formula is C37H21N3S. The van der Waals surface area contributed by atoms with Crippen molar-refractivity contribution >= 4 is 75.1 Å². The largest absolute Gasteiger partial charge is 0.307 e. The number of hydrogen-bond donors (Lipinski definition) is 0. The fourth-order valence-corrected chi connectivity index (χ4v) is 7.86. The number of fused-ring (bicyclic) bond motifs is 9. The predicted octanol–water partition coefficient (Wildman–Crippen LogP) is 10.1. The Morgan fingerprint density at radius 1 is 0.512 bits per heavy atom. The van der Waals surface area contributed by atoms with E-state index in [1.54, 1.807) is 11.3 Å². The molecule has 0 spiro atoms. The maximum Gasteiger partial charge on any atom is 0.101 e. The Kier molecular flexibility index (Phi) is 4.55. The smallest absolute Gasteiger partial charge is 0.101 e. The SMILES string of the molecule is N#Cc1cc(-n2c3ccccc3c3ccccc32)c(-n2c3ccccc3c3ccccc32)c2c1sc1ccccc12.